The first-order valence-electron chi connectivity index (χ1n) is 5.54. The van der Waals surface area contributed by atoms with Gasteiger partial charge in [-0.25, -0.2) is 4.98 Å². The number of likely N-dealkylation sites (tertiary alicyclic amines) is 1. The number of nitrogens with zero attached hydrogens (tertiary/aromatic N) is 3. The molecule has 17 heavy (non-hydrogen) atoms. The fraction of sp³-hybridized carbons (Fsp3) is 0.364. The van der Waals surface area contributed by atoms with Gasteiger partial charge in [0.15, 0.2) is 5.65 Å². The number of carbonyl (C=O) groups excluding carboxylic acids is 1. The third-order valence-electron chi connectivity index (χ3n) is 2.98. The maximum absolute atomic E-state index is 12.2. The third-order valence-corrected chi connectivity index (χ3v) is 3.42. The van der Waals surface area contributed by atoms with Gasteiger partial charge in [0, 0.05) is 23.8 Å². The zero-order chi connectivity index (χ0) is 11.8. The van der Waals surface area contributed by atoms with Gasteiger partial charge >= 0.3 is 0 Å². The molecule has 3 rings (SSSR count). The molecule has 0 unspecified atom stereocenters. The number of aromatic amines is 1. The lowest BCUT2D eigenvalue weighted by atomic mass is 10.2. The van der Waals surface area contributed by atoms with Gasteiger partial charge in [0.1, 0.15) is 5.69 Å². The second-order valence-corrected chi connectivity index (χ2v) is 5.04. The van der Waals surface area contributed by atoms with Crippen molar-refractivity contribution < 1.29 is 4.79 Å². The molecule has 1 fully saturated rings. The Morgan fingerprint density at radius 1 is 1.41 bits per heavy atom. The summed E-state index contributed by atoms with van der Waals surface area (Å²) in [6, 6.07) is 1.87. The second kappa shape index (κ2) is 4.10. The van der Waals surface area contributed by atoms with E-state index < -0.39 is 0 Å². The number of hydrogen-bond acceptors (Lipinski definition) is 3. The van der Waals surface area contributed by atoms with Crippen molar-refractivity contribution in [3.63, 3.8) is 0 Å². The van der Waals surface area contributed by atoms with E-state index in [1.165, 1.54) is 0 Å². The number of pyridine rings is 1. The summed E-state index contributed by atoms with van der Waals surface area (Å²) in [4.78, 5) is 18.3. The van der Waals surface area contributed by atoms with Crippen molar-refractivity contribution in [2.24, 2.45) is 0 Å². The van der Waals surface area contributed by atoms with Crippen molar-refractivity contribution in [2.45, 2.75) is 12.8 Å². The molecule has 1 saturated heterocycles. The first-order chi connectivity index (χ1) is 8.25. The van der Waals surface area contributed by atoms with Crippen LogP contribution in [0.3, 0.4) is 0 Å². The van der Waals surface area contributed by atoms with E-state index in [9.17, 15) is 4.79 Å². The molecule has 1 amide bonds. The summed E-state index contributed by atoms with van der Waals surface area (Å²) in [5.41, 5.74) is 1.12. The average molecular weight is 295 g/mol. The van der Waals surface area contributed by atoms with Crippen molar-refractivity contribution in [2.75, 3.05) is 13.1 Å². The number of amides is 1. The minimum atomic E-state index is 0.0184. The van der Waals surface area contributed by atoms with E-state index in [0.717, 1.165) is 35.8 Å². The van der Waals surface area contributed by atoms with Gasteiger partial charge in [0.05, 0.1) is 5.39 Å². The van der Waals surface area contributed by atoms with Crippen LogP contribution in [0.15, 0.2) is 16.7 Å². The van der Waals surface area contributed by atoms with Crippen molar-refractivity contribution in [3.8, 4) is 0 Å². The van der Waals surface area contributed by atoms with Gasteiger partial charge in [-0.15, -0.1) is 0 Å². The molecule has 1 N–H and O–H groups in total. The smallest absolute Gasteiger partial charge is 0.272 e. The Morgan fingerprint density at radius 3 is 2.94 bits per heavy atom. The van der Waals surface area contributed by atoms with Gasteiger partial charge in [-0.05, 0) is 34.8 Å². The van der Waals surface area contributed by atoms with Gasteiger partial charge in [-0.1, -0.05) is 0 Å². The maximum Gasteiger partial charge on any atom is 0.272 e. The number of hydrogen-bond donors (Lipinski definition) is 1. The highest BCUT2D eigenvalue weighted by Crippen LogP contribution is 2.21. The van der Waals surface area contributed by atoms with Crippen LogP contribution >= 0.6 is 15.9 Å². The standard InChI is InChI=1S/C11H11BrN4O/c12-7-5-8-9(14-15-10(8)13-6-7)11(17)16-3-1-2-4-16/h5-6H,1-4H2,(H,13,14,15). The van der Waals surface area contributed by atoms with E-state index in [0.29, 0.717) is 11.3 Å². The van der Waals surface area contributed by atoms with Crippen molar-refractivity contribution in [1.82, 2.24) is 20.1 Å². The topological polar surface area (TPSA) is 61.9 Å². The number of rotatable bonds is 1. The van der Waals surface area contributed by atoms with E-state index in [4.69, 9.17) is 0 Å². The van der Waals surface area contributed by atoms with Crippen LogP contribution in [-0.4, -0.2) is 39.1 Å². The van der Waals surface area contributed by atoms with E-state index in [1.807, 2.05) is 11.0 Å². The van der Waals surface area contributed by atoms with Crippen LogP contribution in [0.1, 0.15) is 23.3 Å². The number of halogens is 1. The molecule has 1 aliphatic heterocycles. The van der Waals surface area contributed by atoms with Crippen LogP contribution in [-0.2, 0) is 0 Å². The summed E-state index contributed by atoms with van der Waals surface area (Å²) < 4.78 is 0.849. The first kappa shape index (κ1) is 10.7. The Hall–Kier alpha value is -1.43. The molecule has 88 valence electrons. The Labute approximate surface area is 106 Å². The molecular weight excluding hydrogens is 284 g/mol. The molecule has 0 spiro atoms. The SMILES string of the molecule is O=C(c1[nH]nc2ncc(Br)cc12)N1CCCC1. The fourth-order valence-corrected chi connectivity index (χ4v) is 2.45. The lowest BCUT2D eigenvalue weighted by Crippen LogP contribution is -2.28. The summed E-state index contributed by atoms with van der Waals surface area (Å²) in [7, 11) is 0. The number of nitrogens with one attached hydrogen (secondary N) is 1. The lowest BCUT2D eigenvalue weighted by molar-refractivity contribution is 0.0789. The molecule has 0 radical (unpaired) electrons. The Balaban J connectivity index is 2.04. The second-order valence-electron chi connectivity index (χ2n) is 4.12. The quantitative estimate of drug-likeness (QED) is 0.874. The Kier molecular flexibility index (Phi) is 2.58. The molecule has 3 heterocycles. The summed E-state index contributed by atoms with van der Waals surface area (Å²) in [6.07, 6.45) is 3.84. The van der Waals surface area contributed by atoms with E-state index in [-0.39, 0.29) is 5.91 Å². The third kappa shape index (κ3) is 1.82. The average Bonchev–Trinajstić information content (AvgIpc) is 2.97. The molecule has 0 atom stereocenters. The van der Waals surface area contributed by atoms with Crippen LogP contribution < -0.4 is 0 Å². The van der Waals surface area contributed by atoms with E-state index in [2.05, 4.69) is 31.1 Å². The largest absolute Gasteiger partial charge is 0.337 e. The van der Waals surface area contributed by atoms with Crippen LogP contribution in [0, 0.1) is 0 Å². The van der Waals surface area contributed by atoms with Gasteiger partial charge in [0.25, 0.3) is 5.91 Å². The highest BCUT2D eigenvalue weighted by Gasteiger charge is 2.23. The van der Waals surface area contributed by atoms with Crippen LogP contribution in [0.2, 0.25) is 0 Å². The number of fused-ring (bicyclic) bond motifs is 1. The Bertz CT molecular complexity index is 574. The molecule has 2 aromatic heterocycles. The highest BCUT2D eigenvalue weighted by atomic mass is 79.9. The van der Waals surface area contributed by atoms with E-state index in [1.54, 1.807) is 6.20 Å². The number of H-pyrrole nitrogens is 1. The summed E-state index contributed by atoms with van der Waals surface area (Å²) in [5.74, 6) is 0.0184. The molecule has 0 bridgehead atoms. The maximum atomic E-state index is 12.2. The van der Waals surface area contributed by atoms with Gasteiger partial charge in [0.2, 0.25) is 0 Å². The molecule has 1 aliphatic rings. The van der Waals surface area contributed by atoms with Crippen LogP contribution in [0.25, 0.3) is 11.0 Å². The molecule has 2 aromatic rings. The number of aromatic nitrogens is 3. The molecule has 0 aliphatic carbocycles. The highest BCUT2D eigenvalue weighted by molar-refractivity contribution is 9.10. The molecular formula is C11H11BrN4O. The van der Waals surface area contributed by atoms with E-state index >= 15 is 0 Å². The normalized spacial score (nSPS) is 15.7. The fourth-order valence-electron chi connectivity index (χ4n) is 2.12. The van der Waals surface area contributed by atoms with Crippen molar-refractivity contribution in [1.29, 1.82) is 0 Å². The molecule has 0 aromatic carbocycles. The van der Waals surface area contributed by atoms with Gasteiger partial charge < -0.3 is 4.90 Å². The lowest BCUT2D eigenvalue weighted by Gasteiger charge is -2.13. The molecule has 0 saturated carbocycles. The predicted octanol–water partition coefficient (Wildman–Crippen LogP) is 1.96. The molecule has 5 nitrogen and oxygen atoms in total. The summed E-state index contributed by atoms with van der Waals surface area (Å²) >= 11 is 3.35. The van der Waals surface area contributed by atoms with Gasteiger partial charge in [-0.2, -0.15) is 5.10 Å². The van der Waals surface area contributed by atoms with Gasteiger partial charge in [-0.3, -0.25) is 9.89 Å². The first-order valence-corrected chi connectivity index (χ1v) is 6.34. The minimum absolute atomic E-state index is 0.0184. The summed E-state index contributed by atoms with van der Waals surface area (Å²) in [5, 5.41) is 7.62. The van der Waals surface area contributed by atoms with Crippen LogP contribution in [0.4, 0.5) is 0 Å². The monoisotopic (exact) mass is 294 g/mol. The zero-order valence-corrected chi connectivity index (χ0v) is 10.7. The van der Waals surface area contributed by atoms with Crippen LogP contribution in [0.5, 0.6) is 0 Å². The molecule has 6 heteroatoms. The van der Waals surface area contributed by atoms with Crippen molar-refractivity contribution >= 4 is 32.9 Å². The summed E-state index contributed by atoms with van der Waals surface area (Å²) in [6.45, 7) is 1.67. The predicted molar refractivity (Wildman–Crippen MR) is 66.7 cm³/mol. The van der Waals surface area contributed by atoms with Crippen molar-refractivity contribution in [3.05, 3.63) is 22.4 Å². The number of carbonyl (C=O) groups is 1. The zero-order valence-electron chi connectivity index (χ0n) is 9.11. The Morgan fingerprint density at radius 2 is 2.18 bits per heavy atom. The minimum Gasteiger partial charge on any atom is -0.337 e.